The molecule has 2 aromatic heterocycles. The fourth-order valence-corrected chi connectivity index (χ4v) is 4.29. The van der Waals surface area contributed by atoms with Crippen molar-refractivity contribution in [2.75, 3.05) is 11.9 Å². The Morgan fingerprint density at radius 1 is 1.24 bits per heavy atom. The average molecular weight is 484 g/mol. The first kappa shape index (κ1) is 22.9. The van der Waals surface area contributed by atoms with Gasteiger partial charge in [0.2, 0.25) is 5.91 Å². The minimum atomic E-state index is -0.525. The van der Waals surface area contributed by atoms with Crippen molar-refractivity contribution in [3.8, 4) is 5.75 Å². The number of hydrogen-bond acceptors (Lipinski definition) is 6. The Kier molecular flexibility index (Phi) is 7.05. The van der Waals surface area contributed by atoms with Crippen molar-refractivity contribution in [2.45, 2.75) is 30.8 Å². The summed E-state index contributed by atoms with van der Waals surface area (Å²) in [6.07, 6.45) is 1.55. The number of nitrogens with zero attached hydrogens (tertiary/aromatic N) is 2. The largest absolute Gasteiger partial charge is 0.494 e. The Labute approximate surface area is 199 Å². The highest BCUT2D eigenvalue weighted by atomic mass is 35.5. The molecule has 0 saturated carbocycles. The van der Waals surface area contributed by atoms with Gasteiger partial charge in [0.1, 0.15) is 11.5 Å². The molecule has 2 aromatic carbocycles. The summed E-state index contributed by atoms with van der Waals surface area (Å²) in [5.74, 6) is 1.13. The zero-order chi connectivity index (χ0) is 23.4. The lowest BCUT2D eigenvalue weighted by Crippen LogP contribution is -2.27. The highest BCUT2D eigenvalue weighted by Crippen LogP contribution is 2.26. The van der Waals surface area contributed by atoms with E-state index in [2.05, 4.69) is 10.3 Å². The van der Waals surface area contributed by atoms with Gasteiger partial charge >= 0.3 is 0 Å². The van der Waals surface area contributed by atoms with Gasteiger partial charge in [-0.05, 0) is 68.4 Å². The van der Waals surface area contributed by atoms with E-state index in [1.807, 2.05) is 6.92 Å². The number of rotatable bonds is 8. The van der Waals surface area contributed by atoms with Crippen LogP contribution in [0, 0.1) is 0 Å². The number of carbonyl (C=O) groups is 1. The van der Waals surface area contributed by atoms with Crippen LogP contribution in [0.3, 0.4) is 0 Å². The average Bonchev–Trinajstić information content (AvgIpc) is 3.31. The molecule has 0 fully saturated rings. The van der Waals surface area contributed by atoms with Gasteiger partial charge in [-0.25, -0.2) is 4.98 Å². The van der Waals surface area contributed by atoms with Gasteiger partial charge in [0.15, 0.2) is 5.16 Å². The zero-order valence-corrected chi connectivity index (χ0v) is 19.7. The van der Waals surface area contributed by atoms with E-state index >= 15 is 0 Å². The van der Waals surface area contributed by atoms with E-state index in [4.69, 9.17) is 20.8 Å². The first-order chi connectivity index (χ1) is 15.9. The summed E-state index contributed by atoms with van der Waals surface area (Å²) < 4.78 is 12.4. The molecule has 0 saturated heterocycles. The third-order valence-corrected chi connectivity index (χ3v) is 6.19. The summed E-state index contributed by atoms with van der Waals surface area (Å²) in [6.45, 7) is 4.45. The van der Waals surface area contributed by atoms with E-state index in [1.54, 1.807) is 67.8 Å². The number of carbonyl (C=O) groups excluding carboxylic acids is 1. The van der Waals surface area contributed by atoms with Crippen LogP contribution < -0.4 is 15.6 Å². The topological polar surface area (TPSA) is 86.4 Å². The fourth-order valence-electron chi connectivity index (χ4n) is 3.22. The number of amides is 1. The molecule has 1 amide bonds. The van der Waals surface area contributed by atoms with E-state index in [0.717, 1.165) is 5.75 Å². The van der Waals surface area contributed by atoms with Crippen LogP contribution in [0.2, 0.25) is 5.02 Å². The quantitative estimate of drug-likeness (QED) is 0.273. The number of benzene rings is 2. The first-order valence-corrected chi connectivity index (χ1v) is 11.6. The Hall–Kier alpha value is -3.23. The Morgan fingerprint density at radius 3 is 2.73 bits per heavy atom. The van der Waals surface area contributed by atoms with Gasteiger partial charge in [0.25, 0.3) is 5.56 Å². The molecule has 0 unspecified atom stereocenters. The van der Waals surface area contributed by atoms with Crippen LogP contribution in [0.25, 0.3) is 10.9 Å². The lowest BCUT2D eigenvalue weighted by atomic mass is 10.2. The maximum atomic E-state index is 13.2. The molecular weight excluding hydrogens is 462 g/mol. The van der Waals surface area contributed by atoms with Crippen molar-refractivity contribution in [3.05, 3.63) is 82.0 Å². The third kappa shape index (κ3) is 5.40. The van der Waals surface area contributed by atoms with E-state index in [9.17, 15) is 9.59 Å². The molecule has 7 nitrogen and oxygen atoms in total. The number of aromatic nitrogens is 2. The summed E-state index contributed by atoms with van der Waals surface area (Å²) in [6, 6.07) is 15.7. The number of ether oxygens (including phenoxy) is 1. The number of fused-ring (bicyclic) bond motifs is 1. The second kappa shape index (κ2) is 10.1. The van der Waals surface area contributed by atoms with Crippen molar-refractivity contribution < 1.29 is 13.9 Å². The van der Waals surface area contributed by atoms with Gasteiger partial charge in [-0.3, -0.25) is 14.2 Å². The monoisotopic (exact) mass is 483 g/mol. The van der Waals surface area contributed by atoms with Gasteiger partial charge in [-0.2, -0.15) is 0 Å². The van der Waals surface area contributed by atoms with Gasteiger partial charge in [0, 0.05) is 10.7 Å². The number of thioether (sulfide) groups is 1. The lowest BCUT2D eigenvalue weighted by Gasteiger charge is -2.16. The van der Waals surface area contributed by atoms with Crippen LogP contribution in [-0.4, -0.2) is 27.3 Å². The Balaban J connectivity index is 1.60. The van der Waals surface area contributed by atoms with Crippen LogP contribution in [0.15, 0.2) is 75.2 Å². The van der Waals surface area contributed by atoms with Gasteiger partial charge in [0.05, 0.1) is 35.6 Å². The fraction of sp³-hybridized carbons (Fsp3) is 0.208. The predicted octanol–water partition coefficient (Wildman–Crippen LogP) is 5.21. The summed E-state index contributed by atoms with van der Waals surface area (Å²) in [4.78, 5) is 30.7. The van der Waals surface area contributed by atoms with Gasteiger partial charge < -0.3 is 14.5 Å². The maximum Gasteiger partial charge on any atom is 0.262 e. The van der Waals surface area contributed by atoms with Crippen LogP contribution in [0.1, 0.15) is 19.6 Å². The Bertz CT molecular complexity index is 1320. The van der Waals surface area contributed by atoms with Crippen molar-refractivity contribution in [3.63, 3.8) is 0 Å². The van der Waals surface area contributed by atoms with E-state index in [0.29, 0.717) is 39.1 Å². The molecule has 170 valence electrons. The van der Waals surface area contributed by atoms with E-state index < -0.39 is 5.25 Å². The van der Waals surface area contributed by atoms with E-state index in [-0.39, 0.29) is 18.0 Å². The molecule has 0 aliphatic carbocycles. The minimum Gasteiger partial charge on any atom is -0.494 e. The zero-order valence-electron chi connectivity index (χ0n) is 18.1. The lowest BCUT2D eigenvalue weighted by molar-refractivity contribution is -0.115. The molecule has 0 spiro atoms. The highest BCUT2D eigenvalue weighted by Gasteiger charge is 2.20. The normalized spacial score (nSPS) is 12.0. The minimum absolute atomic E-state index is 0.201. The molecule has 0 radical (unpaired) electrons. The third-order valence-electron chi connectivity index (χ3n) is 4.86. The predicted molar refractivity (Wildman–Crippen MR) is 130 cm³/mol. The number of anilines is 1. The molecule has 0 bridgehead atoms. The van der Waals surface area contributed by atoms with Gasteiger partial charge in [-0.1, -0.05) is 23.4 Å². The number of hydrogen-bond donors (Lipinski definition) is 1. The molecule has 4 rings (SSSR count). The van der Waals surface area contributed by atoms with Crippen molar-refractivity contribution >= 4 is 45.9 Å². The summed E-state index contributed by atoms with van der Waals surface area (Å²) in [7, 11) is 0. The van der Waals surface area contributed by atoms with E-state index in [1.165, 1.54) is 16.3 Å². The molecule has 0 aliphatic heterocycles. The summed E-state index contributed by atoms with van der Waals surface area (Å²) in [5.41, 5.74) is 0.904. The Morgan fingerprint density at radius 2 is 2.03 bits per heavy atom. The first-order valence-electron chi connectivity index (χ1n) is 10.4. The van der Waals surface area contributed by atoms with Crippen LogP contribution in [-0.2, 0) is 11.3 Å². The second-order valence-corrected chi connectivity index (χ2v) is 8.98. The van der Waals surface area contributed by atoms with Crippen molar-refractivity contribution in [2.24, 2.45) is 0 Å². The summed E-state index contributed by atoms with van der Waals surface area (Å²) in [5, 5.41) is 3.69. The van der Waals surface area contributed by atoms with Gasteiger partial charge in [-0.15, -0.1) is 0 Å². The number of halogens is 1. The molecule has 0 aliphatic rings. The van der Waals surface area contributed by atoms with Crippen LogP contribution >= 0.6 is 23.4 Å². The molecule has 2 heterocycles. The molecule has 1 N–H and O–H groups in total. The smallest absolute Gasteiger partial charge is 0.262 e. The molecule has 1 atom stereocenters. The number of furan rings is 1. The highest BCUT2D eigenvalue weighted by molar-refractivity contribution is 8.00. The van der Waals surface area contributed by atoms with Crippen molar-refractivity contribution in [1.29, 1.82) is 0 Å². The second-order valence-electron chi connectivity index (χ2n) is 7.23. The number of nitrogens with one attached hydrogen (secondary N) is 1. The van der Waals surface area contributed by atoms with Crippen molar-refractivity contribution in [1.82, 2.24) is 9.55 Å². The molecule has 4 aromatic rings. The molecular formula is C24H22ClN3O4S. The van der Waals surface area contributed by atoms with Crippen LogP contribution in [0.4, 0.5) is 5.69 Å². The SMILES string of the molecule is CCOc1ccc(NC(=O)[C@H](C)Sc2nc3cc(Cl)ccc3c(=O)n2Cc2ccco2)cc1. The summed E-state index contributed by atoms with van der Waals surface area (Å²) >= 11 is 7.31. The molecule has 9 heteroatoms. The standard InChI is InChI=1S/C24H22ClN3O4S/c1-3-31-18-9-7-17(8-10-18)26-22(29)15(2)33-24-27-21-13-16(25)6-11-20(21)23(30)28(24)14-19-5-4-12-32-19/h4-13,15H,3,14H2,1-2H3,(H,26,29)/t15-/m0/s1. The van der Waals surface area contributed by atoms with Crippen LogP contribution in [0.5, 0.6) is 5.75 Å². The maximum absolute atomic E-state index is 13.2. The molecule has 33 heavy (non-hydrogen) atoms.